The van der Waals surface area contributed by atoms with Gasteiger partial charge in [0, 0.05) is 11.0 Å². The van der Waals surface area contributed by atoms with Gasteiger partial charge in [-0.3, -0.25) is 0 Å². The van der Waals surface area contributed by atoms with E-state index in [2.05, 4.69) is 6.07 Å². The lowest BCUT2D eigenvalue weighted by molar-refractivity contribution is 0.624. The van der Waals surface area contributed by atoms with Crippen LogP contribution in [0.4, 0.5) is 8.28 Å². The standard InChI is InChI=1S/C6H3F2S/c7-5-1-3-6(9-8)4-2-5/h1,3-4H. The summed E-state index contributed by atoms with van der Waals surface area (Å²) in [4.78, 5) is 0.372. The number of hydrogen-bond donors (Lipinski definition) is 0. The molecule has 1 radical (unpaired) electrons. The average Bonchev–Trinajstić information content (AvgIpc) is 1.90. The number of hydrogen-bond acceptors (Lipinski definition) is 1. The zero-order valence-corrected chi connectivity index (χ0v) is 5.21. The van der Waals surface area contributed by atoms with E-state index in [0.717, 1.165) is 0 Å². The highest BCUT2D eigenvalue weighted by molar-refractivity contribution is 7.94. The Balaban J connectivity index is 2.88. The zero-order chi connectivity index (χ0) is 6.69. The molecule has 0 aromatic heterocycles. The second-order valence-electron chi connectivity index (χ2n) is 1.45. The van der Waals surface area contributed by atoms with Crippen LogP contribution in [0, 0.1) is 11.9 Å². The Hall–Kier alpha value is -0.570. The van der Waals surface area contributed by atoms with Gasteiger partial charge in [-0.1, -0.05) is 0 Å². The first-order valence-corrected chi connectivity index (χ1v) is 3.00. The molecule has 0 unspecified atom stereocenters. The summed E-state index contributed by atoms with van der Waals surface area (Å²) in [6.45, 7) is 0. The molecule has 0 nitrogen and oxygen atoms in total. The second-order valence-corrected chi connectivity index (χ2v) is 2.08. The highest BCUT2D eigenvalue weighted by atomic mass is 32.2. The molecule has 0 atom stereocenters. The van der Waals surface area contributed by atoms with E-state index in [-0.39, 0.29) is 12.1 Å². The van der Waals surface area contributed by atoms with E-state index in [9.17, 15) is 8.28 Å². The predicted molar refractivity (Wildman–Crippen MR) is 32.2 cm³/mol. The van der Waals surface area contributed by atoms with Crippen LogP contribution in [0.1, 0.15) is 0 Å². The third-order valence-electron chi connectivity index (χ3n) is 0.835. The van der Waals surface area contributed by atoms with Crippen molar-refractivity contribution >= 4 is 12.1 Å². The SMILES string of the molecule is FSc1c[c]c(F)cc1. The van der Waals surface area contributed by atoms with Crippen LogP contribution >= 0.6 is 12.1 Å². The fourth-order valence-electron chi connectivity index (χ4n) is 0.440. The van der Waals surface area contributed by atoms with Gasteiger partial charge in [-0.15, -0.1) is 0 Å². The van der Waals surface area contributed by atoms with Crippen LogP contribution < -0.4 is 0 Å². The molecule has 0 aliphatic heterocycles. The third-order valence-corrected chi connectivity index (χ3v) is 1.27. The van der Waals surface area contributed by atoms with Crippen LogP contribution in [0.3, 0.4) is 0 Å². The van der Waals surface area contributed by atoms with Crippen molar-refractivity contribution in [1.82, 2.24) is 0 Å². The van der Waals surface area contributed by atoms with Gasteiger partial charge < -0.3 is 0 Å². The Morgan fingerprint density at radius 1 is 1.44 bits per heavy atom. The molecule has 0 N–H and O–H groups in total. The van der Waals surface area contributed by atoms with Crippen molar-refractivity contribution in [2.75, 3.05) is 0 Å². The fourth-order valence-corrected chi connectivity index (χ4v) is 0.663. The smallest absolute Gasteiger partial charge is 0.131 e. The van der Waals surface area contributed by atoms with Gasteiger partial charge in [0.2, 0.25) is 0 Å². The summed E-state index contributed by atoms with van der Waals surface area (Å²) in [6, 6.07) is 6.01. The highest BCUT2D eigenvalue weighted by Crippen LogP contribution is 2.17. The molecule has 0 amide bonds. The predicted octanol–water partition coefficient (Wildman–Crippen LogP) is 2.60. The van der Waals surface area contributed by atoms with Gasteiger partial charge in [-0.05, 0) is 18.2 Å². The van der Waals surface area contributed by atoms with Crippen LogP contribution in [0.5, 0.6) is 0 Å². The molecule has 0 bridgehead atoms. The lowest BCUT2D eigenvalue weighted by atomic mass is 10.4. The number of benzene rings is 1. The van der Waals surface area contributed by atoms with Crippen molar-refractivity contribution in [3.63, 3.8) is 0 Å². The molecule has 0 aliphatic carbocycles. The summed E-state index contributed by atoms with van der Waals surface area (Å²) in [6.07, 6.45) is 0. The van der Waals surface area contributed by atoms with Gasteiger partial charge in [0.15, 0.2) is 0 Å². The molecule has 0 fully saturated rings. The first kappa shape index (κ1) is 6.55. The minimum absolute atomic E-state index is 0.0796. The van der Waals surface area contributed by atoms with Gasteiger partial charge >= 0.3 is 0 Å². The molecule has 9 heavy (non-hydrogen) atoms. The van der Waals surface area contributed by atoms with Gasteiger partial charge in [-0.25, -0.2) is 4.39 Å². The maximum absolute atomic E-state index is 12.0. The molecule has 0 saturated heterocycles. The Morgan fingerprint density at radius 3 is 2.67 bits per heavy atom. The normalized spacial score (nSPS) is 9.56. The van der Waals surface area contributed by atoms with E-state index < -0.39 is 5.82 Å². The summed E-state index contributed by atoms with van der Waals surface area (Å²) in [5.74, 6) is -0.465. The van der Waals surface area contributed by atoms with Gasteiger partial charge in [0.05, 0.1) is 12.1 Å². The van der Waals surface area contributed by atoms with Crippen molar-refractivity contribution in [2.24, 2.45) is 0 Å². The monoisotopic (exact) mass is 145 g/mol. The van der Waals surface area contributed by atoms with Crippen LogP contribution in [-0.4, -0.2) is 0 Å². The molecule has 0 spiro atoms. The maximum atomic E-state index is 12.0. The second kappa shape index (κ2) is 2.82. The number of halogens is 2. The Labute approximate surface area is 56.2 Å². The topological polar surface area (TPSA) is 0 Å². The van der Waals surface area contributed by atoms with Crippen molar-refractivity contribution in [2.45, 2.75) is 4.90 Å². The van der Waals surface area contributed by atoms with E-state index in [4.69, 9.17) is 0 Å². The van der Waals surface area contributed by atoms with Crippen LogP contribution in [0.25, 0.3) is 0 Å². The van der Waals surface area contributed by atoms with Crippen molar-refractivity contribution in [3.8, 4) is 0 Å². The molecular weight excluding hydrogens is 142 g/mol. The van der Waals surface area contributed by atoms with Gasteiger partial charge in [0.1, 0.15) is 5.82 Å². The van der Waals surface area contributed by atoms with Crippen molar-refractivity contribution < 1.29 is 8.28 Å². The largest absolute Gasteiger partial charge is 0.206 e. The Morgan fingerprint density at radius 2 is 2.22 bits per heavy atom. The molecule has 3 heteroatoms. The lowest BCUT2D eigenvalue weighted by Gasteiger charge is -1.88. The summed E-state index contributed by atoms with van der Waals surface area (Å²) >= 11 is 0.0796. The maximum Gasteiger partial charge on any atom is 0.131 e. The highest BCUT2D eigenvalue weighted by Gasteiger charge is 1.91. The van der Waals surface area contributed by atoms with Crippen molar-refractivity contribution in [1.29, 1.82) is 0 Å². The first-order chi connectivity index (χ1) is 4.33. The molecule has 0 heterocycles. The summed E-state index contributed by atoms with van der Waals surface area (Å²) in [5, 5.41) is 0. The van der Waals surface area contributed by atoms with Crippen molar-refractivity contribution in [3.05, 3.63) is 30.1 Å². The Kier molecular flexibility index (Phi) is 2.05. The van der Waals surface area contributed by atoms with Gasteiger partial charge in [-0.2, -0.15) is 3.89 Å². The minimum Gasteiger partial charge on any atom is -0.206 e. The first-order valence-electron chi connectivity index (χ1n) is 2.29. The van der Waals surface area contributed by atoms with E-state index in [1.54, 1.807) is 0 Å². The fraction of sp³-hybridized carbons (Fsp3) is 0. The quantitative estimate of drug-likeness (QED) is 0.585. The summed E-state index contributed by atoms with van der Waals surface area (Å²) in [5.41, 5.74) is 0. The van der Waals surface area contributed by atoms with E-state index in [1.165, 1.54) is 18.2 Å². The summed E-state index contributed by atoms with van der Waals surface area (Å²) in [7, 11) is 0. The molecule has 1 aromatic carbocycles. The number of rotatable bonds is 1. The average molecular weight is 145 g/mol. The molecular formula is C6H3F2S. The van der Waals surface area contributed by atoms with E-state index >= 15 is 0 Å². The van der Waals surface area contributed by atoms with Crippen LogP contribution in [-0.2, 0) is 0 Å². The third kappa shape index (κ3) is 1.68. The van der Waals surface area contributed by atoms with Crippen LogP contribution in [0.2, 0.25) is 0 Å². The molecule has 0 saturated carbocycles. The zero-order valence-electron chi connectivity index (χ0n) is 4.40. The lowest BCUT2D eigenvalue weighted by Crippen LogP contribution is -1.71. The minimum atomic E-state index is -0.465. The van der Waals surface area contributed by atoms with Crippen LogP contribution in [0.15, 0.2) is 23.1 Å². The molecule has 0 aliphatic rings. The van der Waals surface area contributed by atoms with Gasteiger partial charge in [0.25, 0.3) is 0 Å². The van der Waals surface area contributed by atoms with E-state index in [0.29, 0.717) is 4.90 Å². The molecule has 1 aromatic rings. The van der Waals surface area contributed by atoms with E-state index in [1.807, 2.05) is 0 Å². The molecule has 47 valence electrons. The Bertz CT molecular complexity index is 183. The summed E-state index contributed by atoms with van der Waals surface area (Å²) < 4.78 is 23.7. The molecule has 1 rings (SSSR count).